The fourth-order valence-electron chi connectivity index (χ4n) is 2.33. The summed E-state index contributed by atoms with van der Waals surface area (Å²) in [5.74, 6) is 0.791. The number of rotatable bonds is 4. The van der Waals surface area contributed by atoms with Crippen LogP contribution in [0.4, 0.5) is 0 Å². The molecule has 4 nitrogen and oxygen atoms in total. The summed E-state index contributed by atoms with van der Waals surface area (Å²) in [6.07, 6.45) is 0.158. The van der Waals surface area contributed by atoms with Gasteiger partial charge in [0.05, 0.1) is 18.3 Å². The van der Waals surface area contributed by atoms with Gasteiger partial charge < -0.3 is 15.4 Å². The van der Waals surface area contributed by atoms with Gasteiger partial charge in [0.15, 0.2) is 0 Å². The van der Waals surface area contributed by atoms with E-state index in [1.165, 1.54) is 0 Å². The van der Waals surface area contributed by atoms with Crippen molar-refractivity contribution in [1.29, 1.82) is 0 Å². The Bertz CT molecular complexity index is 394. The number of methoxy groups -OCH3 is 1. The molecule has 0 aliphatic carbocycles. The molecular weight excluding hydrogens is 250 g/mol. The molecule has 2 N–H and O–H groups in total. The summed E-state index contributed by atoms with van der Waals surface area (Å²) >= 11 is 6.34. The lowest BCUT2D eigenvalue weighted by atomic mass is 10.1. The number of benzene rings is 1. The highest BCUT2D eigenvalue weighted by Gasteiger charge is 2.22. The van der Waals surface area contributed by atoms with Crippen LogP contribution >= 0.6 is 11.6 Å². The maximum absolute atomic E-state index is 6.34. The van der Waals surface area contributed by atoms with Gasteiger partial charge in [0.1, 0.15) is 5.75 Å². The molecule has 0 spiro atoms. The van der Waals surface area contributed by atoms with Crippen LogP contribution in [-0.2, 0) is 0 Å². The predicted octanol–water partition coefficient (Wildman–Crippen LogP) is 1.47. The second-order valence-corrected chi connectivity index (χ2v) is 4.77. The molecule has 5 heteroatoms. The van der Waals surface area contributed by atoms with Crippen molar-refractivity contribution in [3.05, 3.63) is 28.8 Å². The molecule has 1 aromatic carbocycles. The predicted molar refractivity (Wildman–Crippen MR) is 74.2 cm³/mol. The second kappa shape index (κ2) is 6.38. The van der Waals surface area contributed by atoms with Crippen molar-refractivity contribution in [2.24, 2.45) is 0 Å². The third-order valence-electron chi connectivity index (χ3n) is 3.29. The minimum absolute atomic E-state index is 0.158. The van der Waals surface area contributed by atoms with Gasteiger partial charge >= 0.3 is 0 Å². The topological polar surface area (TPSA) is 36.5 Å². The van der Waals surface area contributed by atoms with Gasteiger partial charge in [-0.2, -0.15) is 0 Å². The zero-order valence-corrected chi connectivity index (χ0v) is 11.6. The van der Waals surface area contributed by atoms with E-state index in [0.29, 0.717) is 0 Å². The van der Waals surface area contributed by atoms with Gasteiger partial charge in [-0.15, -0.1) is 0 Å². The summed E-state index contributed by atoms with van der Waals surface area (Å²) in [6, 6.07) is 5.85. The molecule has 1 fully saturated rings. The molecule has 1 saturated heterocycles. The number of halogens is 1. The Morgan fingerprint density at radius 2 is 2.11 bits per heavy atom. The van der Waals surface area contributed by atoms with Crippen LogP contribution in [0.5, 0.6) is 5.75 Å². The lowest BCUT2D eigenvalue weighted by molar-refractivity contribution is 0.153. The minimum Gasteiger partial charge on any atom is -0.497 e. The van der Waals surface area contributed by atoms with Gasteiger partial charge in [-0.1, -0.05) is 17.7 Å². The molecule has 0 radical (unpaired) electrons. The average Bonchev–Trinajstić information content (AvgIpc) is 2.42. The Balaban J connectivity index is 2.20. The summed E-state index contributed by atoms with van der Waals surface area (Å²) in [5, 5.41) is 7.44. The first kappa shape index (κ1) is 13.6. The van der Waals surface area contributed by atoms with Crippen LogP contribution in [0.1, 0.15) is 11.7 Å². The first-order valence-electron chi connectivity index (χ1n) is 6.21. The van der Waals surface area contributed by atoms with Gasteiger partial charge in [-0.3, -0.25) is 4.90 Å². The minimum atomic E-state index is 0.158. The zero-order chi connectivity index (χ0) is 13.0. The van der Waals surface area contributed by atoms with Crippen LogP contribution in [0, 0.1) is 0 Å². The van der Waals surface area contributed by atoms with Gasteiger partial charge in [0.25, 0.3) is 0 Å². The molecule has 2 rings (SSSR count). The summed E-state index contributed by atoms with van der Waals surface area (Å²) in [6.45, 7) is 4.08. The van der Waals surface area contributed by atoms with Gasteiger partial charge in [0, 0.05) is 31.7 Å². The molecular formula is C13H20ClN3O. The monoisotopic (exact) mass is 269 g/mol. The molecule has 0 amide bonds. The Kier molecular flexibility index (Phi) is 4.83. The summed E-state index contributed by atoms with van der Waals surface area (Å²) in [5.41, 5.74) is 1.10. The number of nitrogens with zero attached hydrogens (tertiary/aromatic N) is 1. The number of ether oxygens (including phenoxy) is 1. The van der Waals surface area contributed by atoms with Crippen molar-refractivity contribution in [3.8, 4) is 5.75 Å². The number of hydrogen-bond acceptors (Lipinski definition) is 4. The van der Waals surface area contributed by atoms with Crippen LogP contribution in [0.3, 0.4) is 0 Å². The molecule has 100 valence electrons. The van der Waals surface area contributed by atoms with Crippen LogP contribution < -0.4 is 15.4 Å². The van der Waals surface area contributed by atoms with E-state index in [4.69, 9.17) is 16.3 Å². The van der Waals surface area contributed by atoms with Crippen molar-refractivity contribution in [1.82, 2.24) is 15.5 Å². The Morgan fingerprint density at radius 1 is 1.39 bits per heavy atom. The molecule has 0 bridgehead atoms. The Labute approximate surface area is 113 Å². The number of piperazine rings is 1. The largest absolute Gasteiger partial charge is 0.497 e. The quantitative estimate of drug-likeness (QED) is 0.868. The van der Waals surface area contributed by atoms with Gasteiger partial charge in [-0.05, 0) is 19.2 Å². The van der Waals surface area contributed by atoms with Crippen LogP contribution in [0.2, 0.25) is 5.02 Å². The molecule has 0 aromatic heterocycles. The highest BCUT2D eigenvalue weighted by atomic mass is 35.5. The fourth-order valence-corrected chi connectivity index (χ4v) is 2.61. The number of nitrogens with one attached hydrogen (secondary N) is 2. The fraction of sp³-hybridized carbons (Fsp3) is 0.538. The van der Waals surface area contributed by atoms with Crippen LogP contribution in [0.25, 0.3) is 0 Å². The first-order chi connectivity index (χ1) is 8.76. The van der Waals surface area contributed by atoms with E-state index in [9.17, 15) is 0 Å². The van der Waals surface area contributed by atoms with Crippen LogP contribution in [-0.4, -0.2) is 45.2 Å². The molecule has 1 heterocycles. The van der Waals surface area contributed by atoms with Crippen molar-refractivity contribution in [2.75, 3.05) is 40.3 Å². The molecule has 1 unspecified atom stereocenters. The molecule has 0 saturated carbocycles. The van der Waals surface area contributed by atoms with E-state index in [1.807, 2.05) is 25.2 Å². The first-order valence-corrected chi connectivity index (χ1v) is 6.59. The van der Waals surface area contributed by atoms with E-state index < -0.39 is 0 Å². The summed E-state index contributed by atoms with van der Waals surface area (Å²) < 4.78 is 5.18. The number of hydrogen-bond donors (Lipinski definition) is 2. The Morgan fingerprint density at radius 3 is 2.67 bits per heavy atom. The molecule has 18 heavy (non-hydrogen) atoms. The van der Waals surface area contributed by atoms with Crippen molar-refractivity contribution < 1.29 is 4.74 Å². The van der Waals surface area contributed by atoms with E-state index in [1.54, 1.807) is 7.11 Å². The maximum Gasteiger partial charge on any atom is 0.120 e. The molecule has 1 aliphatic heterocycles. The summed E-state index contributed by atoms with van der Waals surface area (Å²) in [7, 11) is 3.62. The van der Waals surface area contributed by atoms with E-state index in [2.05, 4.69) is 15.5 Å². The normalized spacial score (nSPS) is 18.6. The lowest BCUT2D eigenvalue weighted by Gasteiger charge is -2.35. The smallest absolute Gasteiger partial charge is 0.120 e. The zero-order valence-electron chi connectivity index (χ0n) is 10.9. The van der Waals surface area contributed by atoms with Crippen molar-refractivity contribution in [3.63, 3.8) is 0 Å². The van der Waals surface area contributed by atoms with Crippen LogP contribution in [0.15, 0.2) is 18.2 Å². The van der Waals surface area contributed by atoms with E-state index in [-0.39, 0.29) is 6.17 Å². The Hall–Kier alpha value is -0.810. The molecule has 1 atom stereocenters. The van der Waals surface area contributed by atoms with Gasteiger partial charge in [0.2, 0.25) is 0 Å². The van der Waals surface area contributed by atoms with Crippen molar-refractivity contribution in [2.45, 2.75) is 6.17 Å². The van der Waals surface area contributed by atoms with Gasteiger partial charge in [-0.25, -0.2) is 0 Å². The standard InChI is InChI=1S/C13H20ClN3O/c1-15-13(17-7-5-16-6-8-17)11-4-3-10(18-2)9-12(11)14/h3-4,9,13,15-16H,5-8H2,1-2H3. The molecule has 1 aliphatic rings. The average molecular weight is 270 g/mol. The third kappa shape index (κ3) is 2.95. The second-order valence-electron chi connectivity index (χ2n) is 4.36. The lowest BCUT2D eigenvalue weighted by Crippen LogP contribution is -2.48. The maximum atomic E-state index is 6.34. The third-order valence-corrected chi connectivity index (χ3v) is 3.62. The highest BCUT2D eigenvalue weighted by Crippen LogP contribution is 2.29. The van der Waals surface area contributed by atoms with E-state index in [0.717, 1.165) is 42.5 Å². The SMILES string of the molecule is CNC(c1ccc(OC)cc1Cl)N1CCNCC1. The highest BCUT2D eigenvalue weighted by molar-refractivity contribution is 6.31. The molecule has 1 aromatic rings. The van der Waals surface area contributed by atoms with E-state index >= 15 is 0 Å². The van der Waals surface area contributed by atoms with Crippen molar-refractivity contribution >= 4 is 11.6 Å². The summed E-state index contributed by atoms with van der Waals surface area (Å²) in [4.78, 5) is 2.39.